The highest BCUT2D eigenvalue weighted by Crippen LogP contribution is 2.35. The van der Waals surface area contributed by atoms with Crippen molar-refractivity contribution in [2.24, 2.45) is 0 Å². The molecular weight excluding hydrogens is 238 g/mol. The number of nitrogens with zero attached hydrogens (tertiary/aromatic N) is 1. The van der Waals surface area contributed by atoms with Crippen LogP contribution >= 0.6 is 24.0 Å². The van der Waals surface area contributed by atoms with Crippen molar-refractivity contribution in [1.82, 2.24) is 4.90 Å². The number of rotatable bonds is 3. The third kappa shape index (κ3) is 2.43. The Labute approximate surface area is 106 Å². The largest absolute Gasteiger partial charge is 0.335 e. The molecule has 0 N–H and O–H groups in total. The zero-order valence-corrected chi connectivity index (χ0v) is 11.2. The van der Waals surface area contributed by atoms with E-state index in [-0.39, 0.29) is 5.91 Å². The van der Waals surface area contributed by atoms with E-state index in [0.717, 1.165) is 19.4 Å². The molecule has 1 unspecified atom stereocenters. The van der Waals surface area contributed by atoms with E-state index >= 15 is 0 Å². The molecule has 1 amide bonds. The molecule has 1 aliphatic rings. The molecule has 1 fully saturated rings. The molecule has 1 atom stereocenters. The monoisotopic (exact) mass is 255 g/mol. The van der Waals surface area contributed by atoms with Gasteiger partial charge in [0.05, 0.1) is 6.04 Å². The van der Waals surface area contributed by atoms with Crippen molar-refractivity contribution in [3.8, 4) is 0 Å². The van der Waals surface area contributed by atoms with Crippen LogP contribution in [0, 0.1) is 6.92 Å². The van der Waals surface area contributed by atoms with Crippen LogP contribution in [0.5, 0.6) is 0 Å². The molecule has 0 aliphatic carbocycles. The molecule has 0 bridgehead atoms. The van der Waals surface area contributed by atoms with Gasteiger partial charge in [-0.1, -0.05) is 0 Å². The SMILES string of the molecule is Cc1ccc(C2CCCN2C(=O)CCS)s1. The Hall–Kier alpha value is -0.480. The fourth-order valence-corrected chi connectivity index (χ4v) is 3.45. The number of amides is 1. The Morgan fingerprint density at radius 2 is 2.44 bits per heavy atom. The summed E-state index contributed by atoms with van der Waals surface area (Å²) in [5.41, 5.74) is 0. The van der Waals surface area contributed by atoms with Gasteiger partial charge in [0.1, 0.15) is 0 Å². The zero-order chi connectivity index (χ0) is 11.5. The minimum Gasteiger partial charge on any atom is -0.335 e. The molecule has 4 heteroatoms. The first-order chi connectivity index (χ1) is 7.72. The van der Waals surface area contributed by atoms with E-state index in [0.29, 0.717) is 18.2 Å². The summed E-state index contributed by atoms with van der Waals surface area (Å²) in [4.78, 5) is 16.6. The third-order valence-electron chi connectivity index (χ3n) is 2.99. The van der Waals surface area contributed by atoms with E-state index in [1.54, 1.807) is 0 Å². The molecule has 1 aromatic rings. The summed E-state index contributed by atoms with van der Waals surface area (Å²) < 4.78 is 0. The van der Waals surface area contributed by atoms with Crippen LogP contribution < -0.4 is 0 Å². The normalized spacial score (nSPS) is 20.4. The Kier molecular flexibility index (Phi) is 3.92. The standard InChI is InChI=1S/C12H17NOS2/c1-9-4-5-11(16-9)10-3-2-7-13(10)12(14)6-8-15/h4-5,10,15H,2-3,6-8H2,1H3. The van der Waals surface area contributed by atoms with Gasteiger partial charge in [0, 0.05) is 22.7 Å². The average molecular weight is 255 g/mol. The van der Waals surface area contributed by atoms with Crippen LogP contribution in [-0.2, 0) is 4.79 Å². The van der Waals surface area contributed by atoms with Gasteiger partial charge < -0.3 is 4.90 Å². The number of thiophene rings is 1. The van der Waals surface area contributed by atoms with Crippen LogP contribution in [0.25, 0.3) is 0 Å². The Bertz CT molecular complexity index is 375. The molecule has 0 spiro atoms. The Balaban J connectivity index is 2.11. The Morgan fingerprint density at radius 1 is 1.62 bits per heavy atom. The van der Waals surface area contributed by atoms with Gasteiger partial charge in [-0.15, -0.1) is 11.3 Å². The van der Waals surface area contributed by atoms with E-state index in [1.807, 2.05) is 16.2 Å². The average Bonchev–Trinajstić information content (AvgIpc) is 2.85. The summed E-state index contributed by atoms with van der Waals surface area (Å²) >= 11 is 5.94. The van der Waals surface area contributed by atoms with Gasteiger partial charge in [0.25, 0.3) is 0 Å². The predicted molar refractivity (Wildman–Crippen MR) is 71.2 cm³/mol. The van der Waals surface area contributed by atoms with Gasteiger partial charge in [-0.2, -0.15) is 12.6 Å². The first-order valence-electron chi connectivity index (χ1n) is 5.69. The van der Waals surface area contributed by atoms with Crippen molar-refractivity contribution in [3.63, 3.8) is 0 Å². The van der Waals surface area contributed by atoms with Crippen molar-refractivity contribution in [2.75, 3.05) is 12.3 Å². The maximum absolute atomic E-state index is 11.9. The molecule has 0 aromatic carbocycles. The maximum Gasteiger partial charge on any atom is 0.223 e. The van der Waals surface area contributed by atoms with Gasteiger partial charge in [-0.05, 0) is 37.7 Å². The predicted octanol–water partition coefficient (Wildman–Crippen LogP) is 3.04. The number of carbonyl (C=O) groups is 1. The van der Waals surface area contributed by atoms with E-state index in [2.05, 4.69) is 31.7 Å². The quantitative estimate of drug-likeness (QED) is 0.823. The lowest BCUT2D eigenvalue weighted by Crippen LogP contribution is -2.30. The molecule has 88 valence electrons. The van der Waals surface area contributed by atoms with Gasteiger partial charge >= 0.3 is 0 Å². The molecule has 2 heterocycles. The van der Waals surface area contributed by atoms with Crippen LogP contribution in [0.4, 0.5) is 0 Å². The molecule has 16 heavy (non-hydrogen) atoms. The summed E-state index contributed by atoms with van der Waals surface area (Å²) in [7, 11) is 0. The van der Waals surface area contributed by atoms with Gasteiger partial charge in [-0.25, -0.2) is 0 Å². The van der Waals surface area contributed by atoms with Gasteiger partial charge in [-0.3, -0.25) is 4.79 Å². The van der Waals surface area contributed by atoms with E-state index in [9.17, 15) is 4.79 Å². The first-order valence-corrected chi connectivity index (χ1v) is 7.14. The lowest BCUT2D eigenvalue weighted by Gasteiger charge is -2.23. The number of carbonyl (C=O) groups excluding carboxylic acids is 1. The molecule has 0 radical (unpaired) electrons. The first kappa shape index (κ1) is 12.0. The Morgan fingerprint density at radius 3 is 3.06 bits per heavy atom. The van der Waals surface area contributed by atoms with Crippen molar-refractivity contribution < 1.29 is 4.79 Å². The smallest absolute Gasteiger partial charge is 0.223 e. The van der Waals surface area contributed by atoms with Crippen LogP contribution in [-0.4, -0.2) is 23.1 Å². The summed E-state index contributed by atoms with van der Waals surface area (Å²) in [6.45, 7) is 3.03. The number of aryl methyl sites for hydroxylation is 1. The second-order valence-corrected chi connectivity index (χ2v) is 5.93. The van der Waals surface area contributed by atoms with Crippen LogP contribution in [0.1, 0.15) is 35.1 Å². The highest BCUT2D eigenvalue weighted by molar-refractivity contribution is 7.80. The number of hydrogen-bond donors (Lipinski definition) is 1. The van der Waals surface area contributed by atoms with Crippen molar-refractivity contribution in [2.45, 2.75) is 32.2 Å². The maximum atomic E-state index is 11.9. The number of likely N-dealkylation sites (tertiary alicyclic amines) is 1. The second kappa shape index (κ2) is 5.23. The summed E-state index contributed by atoms with van der Waals surface area (Å²) in [5.74, 6) is 0.898. The van der Waals surface area contributed by atoms with Crippen molar-refractivity contribution >= 4 is 29.9 Å². The third-order valence-corrected chi connectivity index (χ3v) is 4.31. The van der Waals surface area contributed by atoms with Gasteiger partial charge in [0.2, 0.25) is 5.91 Å². The summed E-state index contributed by atoms with van der Waals surface area (Å²) in [5, 5.41) is 0. The molecule has 2 nitrogen and oxygen atoms in total. The topological polar surface area (TPSA) is 20.3 Å². The number of hydrogen-bond acceptors (Lipinski definition) is 3. The minimum atomic E-state index is 0.253. The lowest BCUT2D eigenvalue weighted by atomic mass is 10.2. The molecule has 1 saturated heterocycles. The molecule has 1 aromatic heterocycles. The second-order valence-electron chi connectivity index (χ2n) is 4.17. The highest BCUT2D eigenvalue weighted by atomic mass is 32.1. The van der Waals surface area contributed by atoms with Crippen LogP contribution in [0.3, 0.4) is 0 Å². The van der Waals surface area contributed by atoms with Crippen LogP contribution in [0.15, 0.2) is 12.1 Å². The molecule has 0 saturated carbocycles. The van der Waals surface area contributed by atoms with Crippen molar-refractivity contribution in [3.05, 3.63) is 21.9 Å². The zero-order valence-electron chi connectivity index (χ0n) is 9.48. The van der Waals surface area contributed by atoms with E-state index in [4.69, 9.17) is 0 Å². The molecular formula is C12H17NOS2. The fourth-order valence-electron chi connectivity index (χ4n) is 2.23. The minimum absolute atomic E-state index is 0.253. The number of thiol groups is 1. The van der Waals surface area contributed by atoms with Crippen molar-refractivity contribution in [1.29, 1.82) is 0 Å². The summed E-state index contributed by atoms with van der Waals surface area (Å²) in [6, 6.07) is 4.63. The molecule has 1 aliphatic heterocycles. The molecule has 2 rings (SSSR count). The fraction of sp³-hybridized carbons (Fsp3) is 0.583. The summed E-state index contributed by atoms with van der Waals surface area (Å²) in [6.07, 6.45) is 2.79. The van der Waals surface area contributed by atoms with E-state index in [1.165, 1.54) is 9.75 Å². The van der Waals surface area contributed by atoms with E-state index < -0.39 is 0 Å². The highest BCUT2D eigenvalue weighted by Gasteiger charge is 2.30. The van der Waals surface area contributed by atoms with Crippen LogP contribution in [0.2, 0.25) is 0 Å². The van der Waals surface area contributed by atoms with Gasteiger partial charge in [0.15, 0.2) is 0 Å². The lowest BCUT2D eigenvalue weighted by molar-refractivity contribution is -0.131.